The van der Waals surface area contributed by atoms with Crippen LogP contribution in [0.4, 0.5) is 13.2 Å². The monoisotopic (exact) mass is 468 g/mol. The topological polar surface area (TPSA) is 111 Å². The predicted octanol–water partition coefficient (Wildman–Crippen LogP) is 3.64. The van der Waals surface area contributed by atoms with Gasteiger partial charge < -0.3 is 5.32 Å². The van der Waals surface area contributed by atoms with Crippen molar-refractivity contribution in [2.45, 2.75) is 33.0 Å². The van der Waals surface area contributed by atoms with Gasteiger partial charge in [-0.1, -0.05) is 6.07 Å². The van der Waals surface area contributed by atoms with E-state index >= 15 is 0 Å². The molecule has 1 atom stereocenters. The van der Waals surface area contributed by atoms with Crippen molar-refractivity contribution in [3.05, 3.63) is 77.3 Å². The van der Waals surface area contributed by atoms with Crippen LogP contribution in [-0.4, -0.2) is 41.1 Å². The van der Waals surface area contributed by atoms with E-state index in [-0.39, 0.29) is 11.3 Å². The normalized spacial score (nSPS) is 12.4. The van der Waals surface area contributed by atoms with E-state index in [1.165, 1.54) is 12.1 Å². The second kappa shape index (κ2) is 8.96. The van der Waals surface area contributed by atoms with E-state index in [0.717, 1.165) is 11.3 Å². The fourth-order valence-electron chi connectivity index (χ4n) is 3.17. The lowest BCUT2D eigenvalue weighted by molar-refractivity contribution is -0.146. The first-order valence-electron chi connectivity index (χ1n) is 10.2. The zero-order chi connectivity index (χ0) is 24.5. The molecule has 0 aliphatic heterocycles. The van der Waals surface area contributed by atoms with Crippen LogP contribution in [0.3, 0.4) is 0 Å². The Balaban J connectivity index is 1.76. The standard InChI is InChI=1S/C22H19F3N8O/c1-12-4-5-18(27-9-12)15-6-16(20(34)29-14(3)19-11-26-13(2)10-28-19)8-17(7-15)33-21(22(23,24)25)30-31-32-33/h4-11,14H,1-3H3,(H,29,34). The minimum atomic E-state index is -4.79. The van der Waals surface area contributed by atoms with Crippen molar-refractivity contribution in [3.63, 3.8) is 0 Å². The number of rotatable bonds is 5. The van der Waals surface area contributed by atoms with E-state index in [1.807, 2.05) is 13.0 Å². The number of hydrogen-bond acceptors (Lipinski definition) is 7. The number of hydrogen-bond donors (Lipinski definition) is 1. The Labute approximate surface area is 192 Å². The van der Waals surface area contributed by atoms with E-state index in [2.05, 4.69) is 35.8 Å². The summed E-state index contributed by atoms with van der Waals surface area (Å²) in [5.41, 5.74) is 3.14. The summed E-state index contributed by atoms with van der Waals surface area (Å²) in [5.74, 6) is -1.83. The number of carbonyl (C=O) groups excluding carboxylic acids is 1. The number of halogens is 3. The minimum Gasteiger partial charge on any atom is -0.344 e. The van der Waals surface area contributed by atoms with E-state index in [1.54, 1.807) is 44.6 Å². The van der Waals surface area contributed by atoms with E-state index in [4.69, 9.17) is 0 Å². The van der Waals surface area contributed by atoms with Crippen LogP contribution in [-0.2, 0) is 6.18 Å². The Morgan fingerprint density at radius 2 is 1.82 bits per heavy atom. The van der Waals surface area contributed by atoms with E-state index < -0.39 is 23.9 Å². The molecule has 0 aliphatic carbocycles. The molecule has 1 aromatic carbocycles. The van der Waals surface area contributed by atoms with Gasteiger partial charge >= 0.3 is 6.18 Å². The largest absolute Gasteiger partial charge is 0.453 e. The average molecular weight is 468 g/mol. The average Bonchev–Trinajstić information content (AvgIpc) is 3.30. The highest BCUT2D eigenvalue weighted by Gasteiger charge is 2.38. The summed E-state index contributed by atoms with van der Waals surface area (Å²) in [6.07, 6.45) is -0.0358. The van der Waals surface area contributed by atoms with Crippen molar-refractivity contribution >= 4 is 5.91 Å². The third kappa shape index (κ3) is 4.90. The molecule has 0 saturated heterocycles. The molecule has 0 bridgehead atoms. The fourth-order valence-corrected chi connectivity index (χ4v) is 3.17. The molecule has 9 nitrogen and oxygen atoms in total. The first kappa shape index (κ1) is 23.0. The second-order valence-corrected chi connectivity index (χ2v) is 7.68. The van der Waals surface area contributed by atoms with Crippen molar-refractivity contribution < 1.29 is 18.0 Å². The zero-order valence-electron chi connectivity index (χ0n) is 18.4. The summed E-state index contributed by atoms with van der Waals surface area (Å²) in [6, 6.07) is 7.29. The molecule has 0 radical (unpaired) electrons. The van der Waals surface area contributed by atoms with Gasteiger partial charge in [-0.25, -0.2) is 0 Å². The molecule has 0 spiro atoms. The molecule has 0 saturated carbocycles. The summed E-state index contributed by atoms with van der Waals surface area (Å²) >= 11 is 0. The molecule has 4 rings (SSSR count). The third-order valence-corrected chi connectivity index (χ3v) is 4.95. The smallest absolute Gasteiger partial charge is 0.344 e. The van der Waals surface area contributed by atoms with Gasteiger partial charge in [-0.15, -0.1) is 5.10 Å². The molecule has 174 valence electrons. The quantitative estimate of drug-likeness (QED) is 0.476. The van der Waals surface area contributed by atoms with Gasteiger partial charge in [-0.2, -0.15) is 17.9 Å². The molecule has 12 heteroatoms. The van der Waals surface area contributed by atoms with Crippen LogP contribution in [0.15, 0.2) is 48.9 Å². The van der Waals surface area contributed by atoms with E-state index in [0.29, 0.717) is 21.6 Å². The summed E-state index contributed by atoms with van der Waals surface area (Å²) in [7, 11) is 0. The van der Waals surface area contributed by atoms with Gasteiger partial charge in [-0.05, 0) is 61.0 Å². The first-order chi connectivity index (χ1) is 16.1. The molecule has 3 heterocycles. The Hall–Kier alpha value is -4.22. The first-order valence-corrected chi connectivity index (χ1v) is 10.2. The van der Waals surface area contributed by atoms with Crippen LogP contribution < -0.4 is 5.32 Å². The lowest BCUT2D eigenvalue weighted by Gasteiger charge is -2.15. The molecular weight excluding hydrogens is 449 g/mol. The molecule has 1 amide bonds. The number of aryl methyl sites for hydroxylation is 2. The second-order valence-electron chi connectivity index (χ2n) is 7.68. The van der Waals surface area contributed by atoms with Crippen molar-refractivity contribution in [1.82, 2.24) is 40.5 Å². The summed E-state index contributed by atoms with van der Waals surface area (Å²) in [4.78, 5) is 25.8. The fraction of sp³-hybridized carbons (Fsp3) is 0.227. The van der Waals surface area contributed by atoms with Gasteiger partial charge in [-0.3, -0.25) is 19.7 Å². The Morgan fingerprint density at radius 3 is 2.47 bits per heavy atom. The predicted molar refractivity (Wildman–Crippen MR) is 115 cm³/mol. The lowest BCUT2D eigenvalue weighted by atomic mass is 10.0. The van der Waals surface area contributed by atoms with Gasteiger partial charge in [0, 0.05) is 23.5 Å². The maximum atomic E-state index is 13.4. The van der Waals surface area contributed by atoms with Crippen LogP contribution in [0.2, 0.25) is 0 Å². The highest BCUT2D eigenvalue weighted by molar-refractivity contribution is 5.96. The zero-order valence-corrected chi connectivity index (χ0v) is 18.4. The van der Waals surface area contributed by atoms with Crippen molar-refractivity contribution in [2.75, 3.05) is 0 Å². The summed E-state index contributed by atoms with van der Waals surface area (Å²) in [5, 5.41) is 12.5. The van der Waals surface area contributed by atoms with Crippen molar-refractivity contribution in [2.24, 2.45) is 0 Å². The maximum absolute atomic E-state index is 13.4. The minimum absolute atomic E-state index is 0.0369. The van der Waals surface area contributed by atoms with Gasteiger partial charge in [0.05, 0.1) is 35.0 Å². The van der Waals surface area contributed by atoms with E-state index in [9.17, 15) is 18.0 Å². The van der Waals surface area contributed by atoms with Gasteiger partial charge in [0.15, 0.2) is 0 Å². The number of amides is 1. The van der Waals surface area contributed by atoms with Crippen LogP contribution in [0, 0.1) is 13.8 Å². The molecule has 4 aromatic rings. The number of benzene rings is 1. The molecule has 3 aromatic heterocycles. The maximum Gasteiger partial charge on any atom is 0.453 e. The van der Waals surface area contributed by atoms with Crippen LogP contribution in [0.5, 0.6) is 0 Å². The number of pyridine rings is 1. The van der Waals surface area contributed by atoms with Gasteiger partial charge in [0.25, 0.3) is 11.7 Å². The number of nitrogens with one attached hydrogen (secondary N) is 1. The molecule has 0 aliphatic rings. The number of aromatic nitrogens is 7. The van der Waals surface area contributed by atoms with Crippen molar-refractivity contribution in [3.8, 4) is 16.9 Å². The number of carbonyl (C=O) groups is 1. The molecular formula is C22H19F3N8O. The number of nitrogens with zero attached hydrogens (tertiary/aromatic N) is 7. The molecule has 1 N–H and O–H groups in total. The molecule has 0 fully saturated rings. The lowest BCUT2D eigenvalue weighted by Crippen LogP contribution is -2.27. The number of alkyl halides is 3. The molecule has 1 unspecified atom stereocenters. The highest BCUT2D eigenvalue weighted by Crippen LogP contribution is 2.30. The third-order valence-electron chi connectivity index (χ3n) is 4.95. The Kier molecular flexibility index (Phi) is 6.05. The summed E-state index contributed by atoms with van der Waals surface area (Å²) in [6.45, 7) is 5.38. The van der Waals surface area contributed by atoms with Crippen LogP contribution >= 0.6 is 0 Å². The van der Waals surface area contributed by atoms with Crippen LogP contribution in [0.25, 0.3) is 16.9 Å². The Bertz CT molecular complexity index is 1320. The summed E-state index contributed by atoms with van der Waals surface area (Å²) < 4.78 is 40.8. The molecule has 34 heavy (non-hydrogen) atoms. The number of tetrazole rings is 1. The SMILES string of the molecule is Cc1ccc(-c2cc(C(=O)NC(C)c3cnc(C)cn3)cc(-n3nnnc3C(F)(F)F)c2)nc1. The van der Waals surface area contributed by atoms with Gasteiger partial charge in [0.2, 0.25) is 0 Å². The highest BCUT2D eigenvalue weighted by atomic mass is 19.4. The Morgan fingerprint density at radius 1 is 1.03 bits per heavy atom. The van der Waals surface area contributed by atoms with Gasteiger partial charge in [0.1, 0.15) is 0 Å². The van der Waals surface area contributed by atoms with Crippen LogP contribution in [0.1, 0.15) is 46.1 Å². The van der Waals surface area contributed by atoms with Crippen molar-refractivity contribution in [1.29, 1.82) is 0 Å².